The Morgan fingerprint density at radius 2 is 0.846 bits per heavy atom. The van der Waals surface area contributed by atoms with Crippen LogP contribution in [-0.2, 0) is 5.41 Å². The Morgan fingerprint density at radius 1 is 0.346 bits per heavy atom. The van der Waals surface area contributed by atoms with Gasteiger partial charge in [0, 0.05) is 27.5 Å². The molecule has 8 aromatic carbocycles. The maximum atomic E-state index is 15.1. The fourth-order valence-electron chi connectivity index (χ4n) is 9.05. The minimum absolute atomic E-state index is 0.0391. The number of fused-ring (bicyclic) bond motifs is 12. The summed E-state index contributed by atoms with van der Waals surface area (Å²) in [6, 6.07) is 63.9. The number of benzene rings is 8. The number of carbonyl (C=O) groups excluding carboxylic acids is 1. The van der Waals surface area contributed by atoms with Crippen LogP contribution in [0.25, 0.3) is 66.4 Å². The molecule has 0 saturated heterocycles. The van der Waals surface area contributed by atoms with Gasteiger partial charge in [0.05, 0.1) is 5.41 Å². The van der Waals surface area contributed by atoms with Crippen LogP contribution < -0.4 is 0 Å². The number of ketones is 1. The Labute approximate surface area is 301 Å². The average Bonchev–Trinajstić information content (AvgIpc) is 3.74. The minimum Gasteiger partial charge on any atom is -0.455 e. The van der Waals surface area contributed by atoms with Gasteiger partial charge in [-0.15, -0.1) is 0 Å². The molecule has 0 fully saturated rings. The lowest BCUT2D eigenvalue weighted by molar-refractivity contribution is 0.103. The van der Waals surface area contributed by atoms with Crippen molar-refractivity contribution in [1.29, 1.82) is 0 Å². The molecule has 0 aliphatic heterocycles. The van der Waals surface area contributed by atoms with Gasteiger partial charge in [-0.05, 0) is 85.5 Å². The molecule has 0 saturated carbocycles. The highest BCUT2D eigenvalue weighted by Crippen LogP contribution is 2.59. The summed E-state index contributed by atoms with van der Waals surface area (Å²) in [6.45, 7) is 0. The Hall–Kier alpha value is -6.77. The smallest absolute Gasteiger partial charge is 0.193 e. The zero-order valence-corrected chi connectivity index (χ0v) is 28.1. The molecule has 0 unspecified atom stereocenters. The molecule has 0 bridgehead atoms. The molecule has 0 atom stereocenters. The monoisotopic (exact) mass is 662 g/mol. The summed E-state index contributed by atoms with van der Waals surface area (Å²) >= 11 is 0. The highest BCUT2D eigenvalue weighted by atomic mass is 16.3. The number of carbonyl (C=O) groups is 1. The molecule has 0 N–H and O–H groups in total. The van der Waals surface area contributed by atoms with Crippen LogP contribution in [0.2, 0.25) is 0 Å². The summed E-state index contributed by atoms with van der Waals surface area (Å²) in [7, 11) is 0. The van der Waals surface area contributed by atoms with E-state index < -0.39 is 5.41 Å². The number of hydrogen-bond donors (Lipinski definition) is 0. The lowest BCUT2D eigenvalue weighted by atomic mass is 9.61. The lowest BCUT2D eigenvalue weighted by Crippen LogP contribution is -2.36. The maximum absolute atomic E-state index is 15.1. The molecule has 2 nitrogen and oxygen atoms in total. The summed E-state index contributed by atoms with van der Waals surface area (Å²) in [6.07, 6.45) is 0. The van der Waals surface area contributed by atoms with Crippen molar-refractivity contribution in [2.45, 2.75) is 5.41 Å². The third kappa shape index (κ3) is 3.92. The SMILES string of the molecule is O=C1c2cc(-c3cccc(-c4ccccc4)c3)ccc2C2(c3ccc(-c4cccc5c4oc4ccccc45)cc31)c1ccccc1-c1ccccc12. The highest BCUT2D eigenvalue weighted by Gasteiger charge is 2.51. The fraction of sp³-hybridized carbons (Fsp3) is 0.0200. The molecule has 2 heteroatoms. The van der Waals surface area contributed by atoms with Crippen molar-refractivity contribution in [1.82, 2.24) is 0 Å². The molecule has 2 aliphatic rings. The summed E-state index contributed by atoms with van der Waals surface area (Å²) in [5.41, 5.74) is 15.7. The second-order valence-electron chi connectivity index (χ2n) is 13.9. The Balaban J connectivity index is 1.17. The van der Waals surface area contributed by atoms with Crippen molar-refractivity contribution in [2.75, 3.05) is 0 Å². The average molecular weight is 663 g/mol. The lowest BCUT2D eigenvalue weighted by Gasteiger charge is -2.39. The van der Waals surface area contributed by atoms with E-state index in [1.807, 2.05) is 24.3 Å². The van der Waals surface area contributed by atoms with Gasteiger partial charge < -0.3 is 4.42 Å². The molecule has 9 aromatic rings. The van der Waals surface area contributed by atoms with Crippen molar-refractivity contribution in [2.24, 2.45) is 0 Å². The van der Waals surface area contributed by atoms with Crippen LogP contribution in [0.5, 0.6) is 0 Å². The zero-order valence-electron chi connectivity index (χ0n) is 28.1. The molecule has 1 spiro atoms. The third-order valence-electron chi connectivity index (χ3n) is 11.3. The van der Waals surface area contributed by atoms with E-state index in [2.05, 4.69) is 158 Å². The van der Waals surface area contributed by atoms with E-state index in [4.69, 9.17) is 4.42 Å². The van der Waals surface area contributed by atoms with Gasteiger partial charge in [0.15, 0.2) is 5.78 Å². The molecule has 242 valence electrons. The van der Waals surface area contributed by atoms with Gasteiger partial charge in [0.25, 0.3) is 0 Å². The number of para-hydroxylation sites is 2. The first-order valence-corrected chi connectivity index (χ1v) is 17.8. The van der Waals surface area contributed by atoms with Gasteiger partial charge in [0.1, 0.15) is 11.2 Å². The summed E-state index contributed by atoms with van der Waals surface area (Å²) < 4.78 is 6.47. The number of furan rings is 1. The summed E-state index contributed by atoms with van der Waals surface area (Å²) in [5, 5.41) is 2.16. The summed E-state index contributed by atoms with van der Waals surface area (Å²) in [4.78, 5) is 15.1. The van der Waals surface area contributed by atoms with Gasteiger partial charge in [-0.25, -0.2) is 0 Å². The molecular formula is C50H30O2. The largest absolute Gasteiger partial charge is 0.455 e. The van der Waals surface area contributed by atoms with Crippen molar-refractivity contribution in [3.05, 3.63) is 215 Å². The third-order valence-corrected chi connectivity index (χ3v) is 11.3. The Morgan fingerprint density at radius 3 is 1.60 bits per heavy atom. The van der Waals surface area contributed by atoms with E-state index >= 15 is 4.79 Å². The highest BCUT2D eigenvalue weighted by molar-refractivity contribution is 6.16. The van der Waals surface area contributed by atoms with Crippen LogP contribution in [-0.4, -0.2) is 5.78 Å². The quantitative estimate of drug-likeness (QED) is 0.188. The zero-order chi connectivity index (χ0) is 34.4. The maximum Gasteiger partial charge on any atom is 0.193 e. The first-order chi connectivity index (χ1) is 25.7. The van der Waals surface area contributed by atoms with Crippen LogP contribution in [0, 0.1) is 0 Å². The van der Waals surface area contributed by atoms with Crippen molar-refractivity contribution in [3.63, 3.8) is 0 Å². The van der Waals surface area contributed by atoms with Gasteiger partial charge in [-0.1, -0.05) is 158 Å². The standard InChI is InChI=1S/C50H30O2/c51-48-41-29-34(33-15-10-14-32(28-33)31-12-2-1-3-13-31)24-26-45(41)50(43-21-7-4-16-37(43)38-17-5-8-22-44(38)50)46-27-25-35(30-42(46)48)36-19-11-20-40-39-18-6-9-23-47(39)52-49(36)40/h1-30H. The molecule has 52 heavy (non-hydrogen) atoms. The fourth-order valence-corrected chi connectivity index (χ4v) is 9.05. The predicted molar refractivity (Wildman–Crippen MR) is 211 cm³/mol. The van der Waals surface area contributed by atoms with E-state index in [1.54, 1.807) is 0 Å². The first kappa shape index (κ1) is 29.0. The van der Waals surface area contributed by atoms with E-state index in [-0.39, 0.29) is 5.78 Å². The van der Waals surface area contributed by atoms with Crippen LogP contribution >= 0.6 is 0 Å². The normalized spacial score (nSPS) is 13.6. The number of rotatable bonds is 3. The number of hydrogen-bond acceptors (Lipinski definition) is 2. The first-order valence-electron chi connectivity index (χ1n) is 17.8. The minimum atomic E-state index is -0.653. The van der Waals surface area contributed by atoms with Crippen LogP contribution in [0.3, 0.4) is 0 Å². The van der Waals surface area contributed by atoms with Gasteiger partial charge >= 0.3 is 0 Å². The van der Waals surface area contributed by atoms with Crippen molar-refractivity contribution < 1.29 is 9.21 Å². The Kier molecular flexibility index (Phi) is 6.06. The Bertz CT molecular complexity index is 2880. The van der Waals surface area contributed by atoms with Crippen LogP contribution in [0.1, 0.15) is 38.2 Å². The van der Waals surface area contributed by atoms with E-state index in [0.29, 0.717) is 0 Å². The predicted octanol–water partition coefficient (Wildman–Crippen LogP) is 12.5. The molecule has 2 aliphatic carbocycles. The molecule has 1 heterocycles. The van der Waals surface area contributed by atoms with E-state index in [9.17, 15) is 0 Å². The summed E-state index contributed by atoms with van der Waals surface area (Å²) in [5.74, 6) is 0.0391. The topological polar surface area (TPSA) is 30.2 Å². The molecule has 11 rings (SSSR count). The van der Waals surface area contributed by atoms with Crippen molar-refractivity contribution >= 4 is 27.7 Å². The molecule has 1 aromatic heterocycles. The van der Waals surface area contributed by atoms with E-state index in [1.165, 1.54) is 22.3 Å². The molecule has 0 radical (unpaired) electrons. The van der Waals surface area contributed by atoms with Crippen molar-refractivity contribution in [3.8, 4) is 44.5 Å². The van der Waals surface area contributed by atoms with Gasteiger partial charge in [0.2, 0.25) is 0 Å². The molecule has 0 amide bonds. The van der Waals surface area contributed by atoms with Gasteiger partial charge in [-0.3, -0.25) is 4.79 Å². The van der Waals surface area contributed by atoms with Gasteiger partial charge in [-0.2, -0.15) is 0 Å². The molecular weight excluding hydrogens is 633 g/mol. The van der Waals surface area contributed by atoms with E-state index in [0.717, 1.165) is 77.6 Å². The second kappa shape index (κ2) is 10.9. The van der Waals surface area contributed by atoms with Crippen LogP contribution in [0.4, 0.5) is 0 Å². The van der Waals surface area contributed by atoms with Crippen LogP contribution in [0.15, 0.2) is 186 Å². The second-order valence-corrected chi connectivity index (χ2v) is 13.9.